The van der Waals surface area contributed by atoms with E-state index in [4.69, 9.17) is 9.47 Å². The molecule has 2 N–H and O–H groups in total. The van der Waals surface area contributed by atoms with Gasteiger partial charge in [-0.05, 0) is 24.6 Å². The van der Waals surface area contributed by atoms with Crippen LogP contribution in [0.25, 0.3) is 0 Å². The Hall–Kier alpha value is -2.76. The van der Waals surface area contributed by atoms with Crippen LogP contribution in [0, 0.1) is 0 Å². The Morgan fingerprint density at radius 3 is 2.68 bits per heavy atom. The Labute approximate surface area is 148 Å². The molecule has 25 heavy (non-hydrogen) atoms. The third kappa shape index (κ3) is 5.38. The molecule has 0 unspecified atom stereocenters. The Bertz CT molecular complexity index is 704. The van der Waals surface area contributed by atoms with E-state index in [2.05, 4.69) is 22.5 Å². The van der Waals surface area contributed by atoms with E-state index in [1.165, 1.54) is 12.8 Å². The fourth-order valence-electron chi connectivity index (χ4n) is 2.37. The van der Waals surface area contributed by atoms with Crippen molar-refractivity contribution >= 4 is 17.3 Å². The zero-order valence-corrected chi connectivity index (χ0v) is 15.0. The second kappa shape index (κ2) is 9.52. The first kappa shape index (κ1) is 18.6. The van der Waals surface area contributed by atoms with Crippen LogP contribution in [0.2, 0.25) is 0 Å². The van der Waals surface area contributed by atoms with E-state index < -0.39 is 0 Å². The molecular weight excluding hydrogens is 318 g/mol. The minimum Gasteiger partial charge on any atom is -0.497 e. The minimum absolute atomic E-state index is 0.253. The molecule has 0 spiro atoms. The molecule has 0 aliphatic rings. The number of aromatic nitrogens is 1. The summed E-state index contributed by atoms with van der Waals surface area (Å²) in [7, 11) is 3.13. The molecular formula is C19H25N3O3. The van der Waals surface area contributed by atoms with Crippen LogP contribution in [0.5, 0.6) is 11.5 Å². The predicted octanol–water partition coefficient (Wildman–Crippen LogP) is 3.95. The lowest BCUT2D eigenvalue weighted by molar-refractivity contribution is 0.102. The highest BCUT2D eigenvalue weighted by Gasteiger charge is 2.12. The molecule has 1 aromatic carbocycles. The first-order valence-electron chi connectivity index (χ1n) is 8.40. The van der Waals surface area contributed by atoms with Gasteiger partial charge in [0.15, 0.2) is 0 Å². The average molecular weight is 343 g/mol. The minimum atomic E-state index is -0.253. The third-order valence-electron chi connectivity index (χ3n) is 3.76. The zero-order valence-electron chi connectivity index (χ0n) is 15.0. The smallest absolute Gasteiger partial charge is 0.257 e. The normalized spacial score (nSPS) is 10.2. The van der Waals surface area contributed by atoms with Gasteiger partial charge in [-0.3, -0.25) is 9.78 Å². The number of hydrogen-bond donors (Lipinski definition) is 2. The molecule has 6 nitrogen and oxygen atoms in total. The van der Waals surface area contributed by atoms with Gasteiger partial charge < -0.3 is 20.1 Å². The number of nitrogens with zero attached hydrogens (tertiary/aromatic N) is 1. The highest BCUT2D eigenvalue weighted by Crippen LogP contribution is 2.29. The zero-order chi connectivity index (χ0) is 18.1. The molecule has 134 valence electrons. The van der Waals surface area contributed by atoms with Crippen LogP contribution in [-0.4, -0.2) is 31.7 Å². The number of methoxy groups -OCH3 is 2. The molecule has 0 bridgehead atoms. The number of carbonyl (C=O) groups is 1. The highest BCUT2D eigenvalue weighted by molar-refractivity contribution is 6.05. The molecule has 2 rings (SSSR count). The van der Waals surface area contributed by atoms with E-state index in [1.54, 1.807) is 50.9 Å². The number of nitrogens with one attached hydrogen (secondary N) is 2. The lowest BCUT2D eigenvalue weighted by Gasteiger charge is -2.12. The molecule has 1 heterocycles. The maximum atomic E-state index is 12.5. The van der Waals surface area contributed by atoms with Crippen LogP contribution in [0.15, 0.2) is 36.7 Å². The van der Waals surface area contributed by atoms with Crippen molar-refractivity contribution in [2.75, 3.05) is 31.4 Å². The van der Waals surface area contributed by atoms with E-state index >= 15 is 0 Å². The quantitative estimate of drug-likeness (QED) is 0.675. The highest BCUT2D eigenvalue weighted by atomic mass is 16.5. The number of ether oxygens (including phenoxy) is 2. The summed E-state index contributed by atoms with van der Waals surface area (Å²) in [5.41, 5.74) is 1.86. The van der Waals surface area contributed by atoms with Crippen LogP contribution in [0.1, 0.15) is 36.5 Å². The van der Waals surface area contributed by atoms with Gasteiger partial charge in [0.05, 0.1) is 31.2 Å². The van der Waals surface area contributed by atoms with E-state index in [0.29, 0.717) is 22.7 Å². The molecule has 6 heteroatoms. The van der Waals surface area contributed by atoms with Gasteiger partial charge in [0.1, 0.15) is 11.5 Å². The fourth-order valence-corrected chi connectivity index (χ4v) is 2.37. The number of unbranched alkanes of at least 4 members (excludes halogenated alkanes) is 2. The molecule has 0 fully saturated rings. The molecule has 0 saturated heterocycles. The van der Waals surface area contributed by atoms with Crippen molar-refractivity contribution in [3.63, 3.8) is 0 Å². The Morgan fingerprint density at radius 1 is 1.12 bits per heavy atom. The van der Waals surface area contributed by atoms with E-state index in [-0.39, 0.29) is 5.91 Å². The van der Waals surface area contributed by atoms with Gasteiger partial charge in [0.25, 0.3) is 5.91 Å². The predicted molar refractivity (Wildman–Crippen MR) is 99.8 cm³/mol. The van der Waals surface area contributed by atoms with E-state index in [9.17, 15) is 4.79 Å². The van der Waals surface area contributed by atoms with Gasteiger partial charge in [0, 0.05) is 25.0 Å². The Balaban J connectivity index is 2.08. The Morgan fingerprint density at radius 2 is 1.96 bits per heavy atom. The van der Waals surface area contributed by atoms with E-state index in [1.807, 2.05) is 0 Å². The summed E-state index contributed by atoms with van der Waals surface area (Å²) in [6, 6.07) is 7.03. The molecule has 0 atom stereocenters. The second-order valence-corrected chi connectivity index (χ2v) is 5.62. The molecule has 0 saturated carbocycles. The van der Waals surface area contributed by atoms with Crippen molar-refractivity contribution in [2.24, 2.45) is 0 Å². The molecule has 1 aromatic heterocycles. The van der Waals surface area contributed by atoms with Crippen molar-refractivity contribution in [3.8, 4) is 11.5 Å². The third-order valence-corrected chi connectivity index (χ3v) is 3.76. The van der Waals surface area contributed by atoms with Crippen LogP contribution >= 0.6 is 0 Å². The summed E-state index contributed by atoms with van der Waals surface area (Å²) < 4.78 is 10.5. The van der Waals surface area contributed by atoms with Gasteiger partial charge in [-0.15, -0.1) is 0 Å². The van der Waals surface area contributed by atoms with Crippen molar-refractivity contribution in [1.29, 1.82) is 0 Å². The lowest BCUT2D eigenvalue weighted by Crippen LogP contribution is -2.14. The molecule has 0 aliphatic heterocycles. The van der Waals surface area contributed by atoms with Crippen LogP contribution in [0.4, 0.5) is 11.4 Å². The van der Waals surface area contributed by atoms with Gasteiger partial charge in [-0.2, -0.15) is 0 Å². The van der Waals surface area contributed by atoms with Gasteiger partial charge in [0.2, 0.25) is 0 Å². The molecule has 0 aliphatic carbocycles. The number of pyridine rings is 1. The monoisotopic (exact) mass is 343 g/mol. The first-order valence-corrected chi connectivity index (χ1v) is 8.40. The second-order valence-electron chi connectivity index (χ2n) is 5.62. The van der Waals surface area contributed by atoms with Crippen molar-refractivity contribution in [3.05, 3.63) is 42.2 Å². The number of amides is 1. The largest absolute Gasteiger partial charge is 0.497 e. The summed E-state index contributed by atoms with van der Waals surface area (Å²) in [6.07, 6.45) is 6.70. The molecule has 2 aromatic rings. The summed E-state index contributed by atoms with van der Waals surface area (Å²) in [6.45, 7) is 3.03. The van der Waals surface area contributed by atoms with Crippen molar-refractivity contribution < 1.29 is 14.3 Å². The summed E-state index contributed by atoms with van der Waals surface area (Å²) in [5, 5.41) is 6.14. The summed E-state index contributed by atoms with van der Waals surface area (Å²) in [5.74, 6) is 0.952. The van der Waals surface area contributed by atoms with Gasteiger partial charge >= 0.3 is 0 Å². The number of anilines is 2. The van der Waals surface area contributed by atoms with Crippen molar-refractivity contribution in [2.45, 2.75) is 26.2 Å². The van der Waals surface area contributed by atoms with Crippen molar-refractivity contribution in [1.82, 2.24) is 4.98 Å². The summed E-state index contributed by atoms with van der Waals surface area (Å²) >= 11 is 0. The topological polar surface area (TPSA) is 72.5 Å². The van der Waals surface area contributed by atoms with Crippen LogP contribution < -0.4 is 20.1 Å². The first-order chi connectivity index (χ1) is 12.2. The number of rotatable bonds is 9. The van der Waals surface area contributed by atoms with Gasteiger partial charge in [-0.25, -0.2) is 0 Å². The number of carbonyl (C=O) groups excluding carboxylic acids is 1. The fraction of sp³-hybridized carbons (Fsp3) is 0.368. The number of hydrogen-bond acceptors (Lipinski definition) is 5. The average Bonchev–Trinajstić information content (AvgIpc) is 2.65. The number of benzene rings is 1. The maximum Gasteiger partial charge on any atom is 0.257 e. The van der Waals surface area contributed by atoms with Gasteiger partial charge in [-0.1, -0.05) is 19.8 Å². The SMILES string of the molecule is CCCCCNc1cncc(C(=O)Nc2cc(OC)ccc2OC)c1. The molecule has 1 amide bonds. The lowest BCUT2D eigenvalue weighted by atomic mass is 10.2. The molecule has 0 radical (unpaired) electrons. The van der Waals surface area contributed by atoms with Crippen LogP contribution in [0.3, 0.4) is 0 Å². The standard InChI is InChI=1S/C19H25N3O3/c1-4-5-6-9-21-15-10-14(12-20-13-15)19(23)22-17-11-16(24-2)7-8-18(17)25-3/h7-8,10-13,21H,4-6,9H2,1-3H3,(H,22,23). The Kier molecular flexibility index (Phi) is 7.07. The summed E-state index contributed by atoms with van der Waals surface area (Å²) in [4.78, 5) is 16.7. The maximum absolute atomic E-state index is 12.5. The van der Waals surface area contributed by atoms with E-state index in [0.717, 1.165) is 18.7 Å². The van der Waals surface area contributed by atoms with Crippen LogP contribution in [-0.2, 0) is 0 Å².